The second-order valence-corrected chi connectivity index (χ2v) is 2.52. The highest BCUT2D eigenvalue weighted by Crippen LogP contribution is 1.92. The van der Waals surface area contributed by atoms with Crippen molar-refractivity contribution in [2.45, 2.75) is 18.5 Å². The molecule has 0 radical (unpaired) electrons. The molecule has 0 saturated heterocycles. The molecule has 0 aromatic rings. The van der Waals surface area contributed by atoms with Gasteiger partial charge in [0, 0.05) is 0 Å². The Labute approximate surface area is 79.0 Å². The molecule has 8 nitrogen and oxygen atoms in total. The predicted molar refractivity (Wildman–Crippen MR) is 42.4 cm³/mol. The van der Waals surface area contributed by atoms with Gasteiger partial charge in [-0.2, -0.15) is 0 Å². The smallest absolute Gasteiger partial charge is 0.252 e. The molecule has 0 aliphatic rings. The molecule has 0 fully saturated rings. The molecule has 8 heteroatoms. The van der Waals surface area contributed by atoms with E-state index in [1.165, 1.54) is 0 Å². The number of rotatable bonds is 5. The maximum Gasteiger partial charge on any atom is 0.252 e. The lowest BCUT2D eigenvalue weighted by molar-refractivity contribution is -0.145. The quantitative estimate of drug-likeness (QED) is 0.251. The fourth-order valence-electron chi connectivity index (χ4n) is 0.595. The van der Waals surface area contributed by atoms with E-state index in [1.807, 2.05) is 5.32 Å². The van der Waals surface area contributed by atoms with Gasteiger partial charge in [0.2, 0.25) is 5.91 Å². The van der Waals surface area contributed by atoms with E-state index >= 15 is 0 Å². The van der Waals surface area contributed by atoms with Crippen LogP contribution in [0.2, 0.25) is 0 Å². The first-order valence-corrected chi connectivity index (χ1v) is 3.65. The van der Waals surface area contributed by atoms with Crippen molar-refractivity contribution in [1.82, 2.24) is 5.32 Å². The molecule has 0 aromatic heterocycles. The largest absolute Gasteiger partial charge is 0.380 e. The van der Waals surface area contributed by atoms with E-state index in [2.05, 4.69) is 5.73 Å². The van der Waals surface area contributed by atoms with Gasteiger partial charge in [-0.15, -0.1) is 0 Å². The lowest BCUT2D eigenvalue weighted by Crippen LogP contribution is -2.49. The van der Waals surface area contributed by atoms with E-state index in [9.17, 15) is 9.59 Å². The summed E-state index contributed by atoms with van der Waals surface area (Å²) in [5, 5.41) is 36.3. The van der Waals surface area contributed by atoms with Gasteiger partial charge in [-0.3, -0.25) is 9.59 Å². The van der Waals surface area contributed by atoms with Crippen molar-refractivity contribution in [3.05, 3.63) is 0 Å². The summed E-state index contributed by atoms with van der Waals surface area (Å²) >= 11 is 0. The van der Waals surface area contributed by atoms with Crippen molar-refractivity contribution in [1.29, 1.82) is 0 Å². The van der Waals surface area contributed by atoms with Crippen LogP contribution in [0.3, 0.4) is 0 Å². The van der Waals surface area contributed by atoms with E-state index < -0.39 is 36.9 Å². The number of carbonyl (C=O) groups is 2. The Bertz CT molecular complexity index is 218. The third kappa shape index (κ3) is 4.14. The number of hydrogen-bond donors (Lipinski definition) is 6. The summed E-state index contributed by atoms with van der Waals surface area (Å²) < 4.78 is 0. The van der Waals surface area contributed by atoms with Crippen LogP contribution in [0.15, 0.2) is 0 Å². The van der Waals surface area contributed by atoms with Crippen LogP contribution in [0.1, 0.15) is 0 Å². The third-order valence-electron chi connectivity index (χ3n) is 1.32. The van der Waals surface area contributed by atoms with Crippen LogP contribution in [0.5, 0.6) is 0 Å². The molecule has 0 spiro atoms. The lowest BCUT2D eigenvalue weighted by Gasteiger charge is -2.14. The molecule has 0 aliphatic carbocycles. The summed E-state index contributed by atoms with van der Waals surface area (Å²) in [6, 6.07) is 0. The molecule has 0 rings (SSSR count). The van der Waals surface area contributed by atoms with Crippen molar-refractivity contribution in [3.8, 4) is 0 Å². The topological polar surface area (TPSA) is 153 Å². The maximum atomic E-state index is 10.8. The minimum absolute atomic E-state index is 0.526. The summed E-state index contributed by atoms with van der Waals surface area (Å²) in [5.41, 5.74) is 4.60. The highest BCUT2D eigenvalue weighted by atomic mass is 16.5. The zero-order valence-corrected chi connectivity index (χ0v) is 7.12. The predicted octanol–water partition coefficient (Wildman–Crippen LogP) is -4.38. The first kappa shape index (κ1) is 12.8. The number of primary amides is 1. The molecule has 0 saturated carbocycles. The van der Waals surface area contributed by atoms with Crippen molar-refractivity contribution in [2.24, 2.45) is 5.73 Å². The molecule has 2 amide bonds. The summed E-state index contributed by atoms with van der Waals surface area (Å²) in [6.45, 7) is -0.526. The van der Waals surface area contributed by atoms with Gasteiger partial charge >= 0.3 is 0 Å². The molecule has 14 heavy (non-hydrogen) atoms. The number of aliphatic hydroxyl groups is 4. The van der Waals surface area contributed by atoms with Gasteiger partial charge in [0.25, 0.3) is 5.91 Å². The Balaban J connectivity index is 4.05. The van der Waals surface area contributed by atoms with Gasteiger partial charge in [-0.1, -0.05) is 0 Å². The molecular formula is C6H12N2O6. The number of carbonyl (C=O) groups excluding carboxylic acids is 2. The average Bonchev–Trinajstić information content (AvgIpc) is 2.11. The van der Waals surface area contributed by atoms with Crippen molar-refractivity contribution in [3.63, 3.8) is 0 Å². The van der Waals surface area contributed by atoms with Crippen LogP contribution in [0.4, 0.5) is 0 Å². The summed E-state index contributed by atoms with van der Waals surface area (Å²) in [7, 11) is 0. The normalized spacial score (nSPS) is 14.9. The molecule has 82 valence electrons. The fraction of sp³-hybridized carbons (Fsp3) is 0.667. The van der Waals surface area contributed by atoms with Crippen molar-refractivity contribution >= 4 is 11.8 Å². The summed E-state index contributed by atoms with van der Waals surface area (Å²) in [4.78, 5) is 21.2. The summed E-state index contributed by atoms with van der Waals surface area (Å²) in [6.07, 6.45) is -5.83. The Kier molecular flexibility index (Phi) is 5.02. The standard InChI is InChI=1S/C6H12N2O6/c7-5(13)3(11)4(12)6(14)8-1-2(9)10/h2-4,9-12H,1H2,(H2,7,13)(H,8,14). The Morgan fingerprint density at radius 1 is 1.14 bits per heavy atom. The van der Waals surface area contributed by atoms with Gasteiger partial charge in [0.15, 0.2) is 18.5 Å². The number of amides is 2. The fourth-order valence-corrected chi connectivity index (χ4v) is 0.595. The Morgan fingerprint density at radius 3 is 2.00 bits per heavy atom. The Morgan fingerprint density at radius 2 is 1.64 bits per heavy atom. The monoisotopic (exact) mass is 208 g/mol. The first-order chi connectivity index (χ1) is 6.36. The molecule has 0 heterocycles. The summed E-state index contributed by atoms with van der Waals surface area (Å²) in [5.74, 6) is -2.37. The number of nitrogens with two attached hydrogens (primary N) is 1. The number of nitrogens with one attached hydrogen (secondary N) is 1. The third-order valence-corrected chi connectivity index (χ3v) is 1.32. The van der Waals surface area contributed by atoms with Crippen molar-refractivity contribution in [2.75, 3.05) is 6.54 Å². The van der Waals surface area contributed by atoms with Crippen LogP contribution < -0.4 is 11.1 Å². The molecule has 0 aromatic carbocycles. The van der Waals surface area contributed by atoms with E-state index in [0.717, 1.165) is 0 Å². The number of hydrogen-bond acceptors (Lipinski definition) is 6. The lowest BCUT2D eigenvalue weighted by atomic mass is 10.2. The van der Waals surface area contributed by atoms with Crippen LogP contribution in [0, 0.1) is 0 Å². The SMILES string of the molecule is NC(=O)C(O)C(O)C(=O)NCC(O)O. The highest BCUT2D eigenvalue weighted by Gasteiger charge is 2.28. The highest BCUT2D eigenvalue weighted by molar-refractivity contribution is 5.89. The van der Waals surface area contributed by atoms with E-state index in [0.29, 0.717) is 0 Å². The van der Waals surface area contributed by atoms with Gasteiger partial charge < -0.3 is 31.5 Å². The van der Waals surface area contributed by atoms with Crippen LogP contribution in [-0.4, -0.2) is 57.3 Å². The second-order valence-electron chi connectivity index (χ2n) is 2.52. The molecule has 2 unspecified atom stereocenters. The van der Waals surface area contributed by atoms with Gasteiger partial charge in [-0.05, 0) is 0 Å². The maximum absolute atomic E-state index is 10.8. The molecule has 7 N–H and O–H groups in total. The second kappa shape index (κ2) is 5.50. The average molecular weight is 208 g/mol. The van der Waals surface area contributed by atoms with E-state index in [-0.39, 0.29) is 0 Å². The van der Waals surface area contributed by atoms with E-state index in [1.54, 1.807) is 0 Å². The molecule has 0 aliphatic heterocycles. The molecular weight excluding hydrogens is 196 g/mol. The van der Waals surface area contributed by atoms with Gasteiger partial charge in [-0.25, -0.2) is 0 Å². The van der Waals surface area contributed by atoms with E-state index in [4.69, 9.17) is 20.4 Å². The van der Waals surface area contributed by atoms with Crippen molar-refractivity contribution < 1.29 is 30.0 Å². The minimum Gasteiger partial charge on any atom is -0.380 e. The molecule has 0 bridgehead atoms. The zero-order valence-electron chi connectivity index (χ0n) is 7.12. The first-order valence-electron chi connectivity index (χ1n) is 3.65. The van der Waals surface area contributed by atoms with Gasteiger partial charge in [0.05, 0.1) is 6.54 Å². The molecule has 2 atom stereocenters. The van der Waals surface area contributed by atoms with Crippen LogP contribution in [0.25, 0.3) is 0 Å². The number of aliphatic hydroxyl groups excluding tert-OH is 3. The van der Waals surface area contributed by atoms with Crippen LogP contribution in [-0.2, 0) is 9.59 Å². The van der Waals surface area contributed by atoms with Crippen LogP contribution >= 0.6 is 0 Å². The minimum atomic E-state index is -2.02. The zero-order chi connectivity index (χ0) is 11.3. The Hall–Kier alpha value is -1.22. The van der Waals surface area contributed by atoms with Gasteiger partial charge in [0.1, 0.15) is 0 Å².